The summed E-state index contributed by atoms with van der Waals surface area (Å²) in [5.74, 6) is 0.578. The van der Waals surface area contributed by atoms with Crippen molar-refractivity contribution in [3.63, 3.8) is 0 Å². The first kappa shape index (κ1) is 21.6. The maximum Gasteiger partial charge on any atom is 0.335 e. The SMILES string of the molecule is C=CCN1C(=O)N(CC=C)N(CC2CCCCC2)C[C@H](O)[C@@H]1Cc1ccccc1. The molecule has 1 aromatic carbocycles. The second kappa shape index (κ2) is 10.6. The summed E-state index contributed by atoms with van der Waals surface area (Å²) in [4.78, 5) is 15.3. The molecule has 3 rings (SSSR count). The summed E-state index contributed by atoms with van der Waals surface area (Å²) in [7, 11) is 0. The van der Waals surface area contributed by atoms with E-state index >= 15 is 0 Å². The van der Waals surface area contributed by atoms with Gasteiger partial charge in [0.25, 0.3) is 0 Å². The van der Waals surface area contributed by atoms with Crippen molar-refractivity contribution in [2.45, 2.75) is 50.7 Å². The first-order valence-corrected chi connectivity index (χ1v) is 10.9. The molecule has 29 heavy (non-hydrogen) atoms. The van der Waals surface area contributed by atoms with E-state index in [1.807, 2.05) is 18.2 Å². The Bertz CT molecular complexity index is 672. The van der Waals surface area contributed by atoms with Gasteiger partial charge in [-0.15, -0.1) is 13.2 Å². The summed E-state index contributed by atoms with van der Waals surface area (Å²) in [6.45, 7) is 9.84. The zero-order valence-corrected chi connectivity index (χ0v) is 17.5. The first-order chi connectivity index (χ1) is 14.1. The van der Waals surface area contributed by atoms with Gasteiger partial charge in [0, 0.05) is 19.6 Å². The first-order valence-electron chi connectivity index (χ1n) is 10.9. The van der Waals surface area contributed by atoms with Gasteiger partial charge in [-0.1, -0.05) is 61.7 Å². The van der Waals surface area contributed by atoms with E-state index in [9.17, 15) is 9.90 Å². The second-order valence-corrected chi connectivity index (χ2v) is 8.29. The van der Waals surface area contributed by atoms with Crippen molar-refractivity contribution in [2.75, 3.05) is 26.2 Å². The van der Waals surface area contributed by atoms with Crippen LogP contribution in [0.25, 0.3) is 0 Å². The molecule has 5 heteroatoms. The average molecular weight is 398 g/mol. The third-order valence-corrected chi connectivity index (χ3v) is 6.16. The Morgan fingerprint density at radius 2 is 1.72 bits per heavy atom. The number of benzene rings is 1. The third-order valence-electron chi connectivity index (χ3n) is 6.16. The van der Waals surface area contributed by atoms with Crippen LogP contribution in [0.15, 0.2) is 55.6 Å². The van der Waals surface area contributed by atoms with E-state index in [1.165, 1.54) is 32.1 Å². The fourth-order valence-electron chi connectivity index (χ4n) is 4.67. The monoisotopic (exact) mass is 397 g/mol. The molecular formula is C24H35N3O2. The molecule has 2 fully saturated rings. The highest BCUT2D eigenvalue weighted by atomic mass is 16.3. The molecule has 1 aromatic rings. The highest BCUT2D eigenvalue weighted by Gasteiger charge is 2.39. The maximum absolute atomic E-state index is 13.5. The molecule has 1 saturated carbocycles. The van der Waals surface area contributed by atoms with E-state index in [0.29, 0.717) is 32.0 Å². The molecule has 2 amide bonds. The van der Waals surface area contributed by atoms with E-state index in [0.717, 1.165) is 12.1 Å². The van der Waals surface area contributed by atoms with Gasteiger partial charge in [-0.05, 0) is 30.7 Å². The van der Waals surface area contributed by atoms with Crippen LogP contribution in [0.3, 0.4) is 0 Å². The number of urea groups is 1. The molecule has 2 aliphatic rings. The molecule has 1 saturated heterocycles. The Morgan fingerprint density at radius 1 is 1.03 bits per heavy atom. The third kappa shape index (κ3) is 5.49. The van der Waals surface area contributed by atoms with Gasteiger partial charge >= 0.3 is 6.03 Å². The van der Waals surface area contributed by atoms with Crippen molar-refractivity contribution < 1.29 is 9.90 Å². The van der Waals surface area contributed by atoms with Crippen LogP contribution in [0.1, 0.15) is 37.7 Å². The quantitative estimate of drug-likeness (QED) is 0.678. The summed E-state index contributed by atoms with van der Waals surface area (Å²) >= 11 is 0. The van der Waals surface area contributed by atoms with Crippen molar-refractivity contribution in [1.82, 2.24) is 14.9 Å². The molecule has 158 valence electrons. The normalized spacial score (nSPS) is 24.4. The minimum Gasteiger partial charge on any atom is -0.390 e. The maximum atomic E-state index is 13.5. The Balaban J connectivity index is 1.85. The molecular weight excluding hydrogens is 362 g/mol. The Hall–Kier alpha value is -2.11. The number of aliphatic hydroxyl groups excluding tert-OH is 1. The minimum absolute atomic E-state index is 0.0712. The van der Waals surface area contributed by atoms with E-state index < -0.39 is 6.10 Å². The molecule has 2 atom stereocenters. The fraction of sp³-hybridized carbons (Fsp3) is 0.542. The number of hydrogen-bond acceptors (Lipinski definition) is 3. The van der Waals surface area contributed by atoms with E-state index in [2.05, 4.69) is 30.3 Å². The van der Waals surface area contributed by atoms with Gasteiger partial charge < -0.3 is 10.0 Å². The number of carbonyl (C=O) groups excluding carboxylic acids is 1. The summed E-state index contributed by atoms with van der Waals surface area (Å²) in [5, 5.41) is 15.0. The molecule has 0 radical (unpaired) electrons. The van der Waals surface area contributed by atoms with Gasteiger partial charge in [-0.2, -0.15) is 0 Å². The van der Waals surface area contributed by atoms with Crippen molar-refractivity contribution in [1.29, 1.82) is 0 Å². The van der Waals surface area contributed by atoms with E-state index in [1.54, 1.807) is 22.1 Å². The number of amides is 2. The van der Waals surface area contributed by atoms with Crippen LogP contribution in [0.5, 0.6) is 0 Å². The van der Waals surface area contributed by atoms with Crippen LogP contribution in [0.4, 0.5) is 4.79 Å². The molecule has 1 heterocycles. The van der Waals surface area contributed by atoms with Crippen LogP contribution in [0, 0.1) is 5.92 Å². The topological polar surface area (TPSA) is 47.0 Å². The lowest BCUT2D eigenvalue weighted by atomic mass is 9.89. The van der Waals surface area contributed by atoms with Gasteiger partial charge in [-0.25, -0.2) is 9.80 Å². The summed E-state index contributed by atoms with van der Waals surface area (Å²) in [6, 6.07) is 9.72. The van der Waals surface area contributed by atoms with Crippen LogP contribution in [-0.4, -0.2) is 64.4 Å². The van der Waals surface area contributed by atoms with Crippen molar-refractivity contribution in [3.8, 4) is 0 Å². The summed E-state index contributed by atoms with van der Waals surface area (Å²) in [5.41, 5.74) is 1.12. The van der Waals surface area contributed by atoms with Crippen LogP contribution in [-0.2, 0) is 6.42 Å². The predicted octanol–water partition coefficient (Wildman–Crippen LogP) is 3.87. The zero-order chi connectivity index (χ0) is 20.6. The number of aliphatic hydroxyl groups is 1. The smallest absolute Gasteiger partial charge is 0.335 e. The van der Waals surface area contributed by atoms with Gasteiger partial charge in [-0.3, -0.25) is 5.01 Å². The molecule has 0 unspecified atom stereocenters. The molecule has 5 nitrogen and oxygen atoms in total. The molecule has 0 bridgehead atoms. The Morgan fingerprint density at radius 3 is 2.38 bits per heavy atom. The minimum atomic E-state index is -0.627. The average Bonchev–Trinajstić information content (AvgIpc) is 2.82. The molecule has 1 aliphatic heterocycles. The van der Waals surface area contributed by atoms with Gasteiger partial charge in [0.15, 0.2) is 0 Å². The van der Waals surface area contributed by atoms with Gasteiger partial charge in [0.2, 0.25) is 0 Å². The molecule has 0 aromatic heterocycles. The van der Waals surface area contributed by atoms with Crippen molar-refractivity contribution >= 4 is 6.03 Å². The van der Waals surface area contributed by atoms with Crippen LogP contribution >= 0.6 is 0 Å². The number of β-amino-alcohol motifs (C(OH)–C–C–N with tert-alkyl or cyclic N) is 1. The Kier molecular flexibility index (Phi) is 7.90. The zero-order valence-electron chi connectivity index (χ0n) is 17.5. The standard InChI is InChI=1S/C24H35N3O2/c1-3-15-26-22(17-20-11-7-5-8-12-20)23(28)19-25(27(16-4-2)24(26)29)18-21-13-9-6-10-14-21/h3-5,7-8,11-12,21-23,28H,1-2,6,9-10,13-19H2/t22-,23-/m0/s1. The van der Waals surface area contributed by atoms with E-state index in [4.69, 9.17) is 0 Å². The highest BCUT2D eigenvalue weighted by molar-refractivity contribution is 5.75. The second-order valence-electron chi connectivity index (χ2n) is 8.29. The highest BCUT2D eigenvalue weighted by Crippen LogP contribution is 2.27. The number of rotatable bonds is 8. The lowest BCUT2D eigenvalue weighted by Gasteiger charge is -2.37. The number of hydrogen-bond donors (Lipinski definition) is 1. The van der Waals surface area contributed by atoms with E-state index in [-0.39, 0.29) is 12.1 Å². The predicted molar refractivity (Wildman–Crippen MR) is 117 cm³/mol. The van der Waals surface area contributed by atoms with Crippen LogP contribution < -0.4 is 0 Å². The lowest BCUT2D eigenvalue weighted by molar-refractivity contribution is -0.0165. The summed E-state index contributed by atoms with van der Waals surface area (Å²) < 4.78 is 0. The fourth-order valence-corrected chi connectivity index (χ4v) is 4.67. The van der Waals surface area contributed by atoms with Crippen molar-refractivity contribution in [2.24, 2.45) is 5.92 Å². The molecule has 1 aliphatic carbocycles. The van der Waals surface area contributed by atoms with Gasteiger partial charge in [0.1, 0.15) is 0 Å². The molecule has 0 spiro atoms. The van der Waals surface area contributed by atoms with Crippen LogP contribution in [0.2, 0.25) is 0 Å². The largest absolute Gasteiger partial charge is 0.390 e. The lowest BCUT2D eigenvalue weighted by Crippen LogP contribution is -2.52. The number of nitrogens with zero attached hydrogens (tertiary/aromatic N) is 3. The number of hydrazine groups is 1. The molecule has 1 N–H and O–H groups in total. The summed E-state index contributed by atoms with van der Waals surface area (Å²) in [6.07, 6.45) is 9.73. The van der Waals surface area contributed by atoms with Crippen molar-refractivity contribution in [3.05, 3.63) is 61.2 Å². The Labute approximate surface area is 175 Å². The van der Waals surface area contributed by atoms with Gasteiger partial charge in [0.05, 0.1) is 18.7 Å². The number of carbonyl (C=O) groups is 1.